The number of carbonyl (C=O) groups excluding carboxylic acids is 1. The van der Waals surface area contributed by atoms with E-state index in [0.717, 1.165) is 19.3 Å². The highest BCUT2D eigenvalue weighted by molar-refractivity contribution is 5.94. The van der Waals surface area contributed by atoms with E-state index in [0.29, 0.717) is 17.9 Å². The van der Waals surface area contributed by atoms with Gasteiger partial charge in [0, 0.05) is 17.6 Å². The fourth-order valence-electron chi connectivity index (χ4n) is 2.00. The quantitative estimate of drug-likeness (QED) is 0.744. The molecule has 98 valence electrons. The van der Waals surface area contributed by atoms with Crippen LogP contribution in [0.15, 0.2) is 18.2 Å². The summed E-state index contributed by atoms with van der Waals surface area (Å²) in [5.74, 6) is 0.0711. The third-order valence-corrected chi connectivity index (χ3v) is 3.39. The first-order valence-corrected chi connectivity index (χ1v) is 5.98. The predicted octanol–water partition coefficient (Wildman–Crippen LogP) is 1.01. The summed E-state index contributed by atoms with van der Waals surface area (Å²) in [6.45, 7) is 0.471. The SMILES string of the molecule is COc1ccc(C(=O)NCC2(N)CCC2)cc1O. The Kier molecular flexibility index (Phi) is 3.43. The van der Waals surface area contributed by atoms with Gasteiger partial charge in [-0.05, 0) is 37.5 Å². The van der Waals surface area contributed by atoms with E-state index in [-0.39, 0.29) is 17.2 Å². The molecule has 0 bridgehead atoms. The van der Waals surface area contributed by atoms with E-state index in [1.165, 1.54) is 13.2 Å². The number of hydrogen-bond acceptors (Lipinski definition) is 4. The zero-order valence-corrected chi connectivity index (χ0v) is 10.4. The Morgan fingerprint density at radius 2 is 2.28 bits per heavy atom. The van der Waals surface area contributed by atoms with Crippen LogP contribution in [0, 0.1) is 0 Å². The molecule has 0 spiro atoms. The summed E-state index contributed by atoms with van der Waals surface area (Å²) in [5, 5.41) is 12.4. The number of phenols is 1. The molecule has 0 heterocycles. The summed E-state index contributed by atoms with van der Waals surface area (Å²) < 4.78 is 4.92. The van der Waals surface area contributed by atoms with E-state index in [2.05, 4.69) is 5.32 Å². The Balaban J connectivity index is 1.98. The molecule has 1 aromatic carbocycles. The van der Waals surface area contributed by atoms with E-state index in [4.69, 9.17) is 10.5 Å². The number of phenolic OH excluding ortho intramolecular Hbond substituents is 1. The van der Waals surface area contributed by atoms with Gasteiger partial charge in [-0.25, -0.2) is 0 Å². The summed E-state index contributed by atoms with van der Waals surface area (Å²) in [5.41, 5.74) is 6.17. The molecule has 4 N–H and O–H groups in total. The van der Waals surface area contributed by atoms with Gasteiger partial charge in [-0.1, -0.05) is 0 Å². The van der Waals surface area contributed by atoms with Gasteiger partial charge in [0.05, 0.1) is 7.11 Å². The van der Waals surface area contributed by atoms with Gasteiger partial charge in [0.2, 0.25) is 0 Å². The molecule has 0 aliphatic heterocycles. The van der Waals surface area contributed by atoms with Crippen LogP contribution in [0.25, 0.3) is 0 Å². The number of aromatic hydroxyl groups is 1. The predicted molar refractivity (Wildman–Crippen MR) is 67.8 cm³/mol. The van der Waals surface area contributed by atoms with Crippen molar-refractivity contribution in [2.45, 2.75) is 24.8 Å². The number of ether oxygens (including phenoxy) is 1. The molecule has 1 saturated carbocycles. The maximum atomic E-state index is 11.9. The van der Waals surface area contributed by atoms with Crippen molar-refractivity contribution in [2.75, 3.05) is 13.7 Å². The lowest BCUT2D eigenvalue weighted by Crippen LogP contribution is -2.54. The number of benzene rings is 1. The van der Waals surface area contributed by atoms with Crippen LogP contribution in [0.5, 0.6) is 11.5 Å². The largest absolute Gasteiger partial charge is 0.504 e. The van der Waals surface area contributed by atoms with Gasteiger partial charge >= 0.3 is 0 Å². The van der Waals surface area contributed by atoms with E-state index < -0.39 is 0 Å². The van der Waals surface area contributed by atoms with Crippen molar-refractivity contribution in [1.82, 2.24) is 5.32 Å². The monoisotopic (exact) mass is 250 g/mol. The molecular weight excluding hydrogens is 232 g/mol. The molecule has 0 saturated heterocycles. The normalized spacial score (nSPS) is 16.8. The standard InChI is InChI=1S/C13H18N2O3/c1-18-11-4-3-9(7-10(11)16)12(17)15-8-13(14)5-2-6-13/h3-4,7,16H,2,5-6,8,14H2,1H3,(H,15,17). The number of nitrogens with one attached hydrogen (secondary N) is 1. The van der Waals surface area contributed by atoms with Crippen LogP contribution < -0.4 is 15.8 Å². The van der Waals surface area contributed by atoms with Gasteiger partial charge in [-0.2, -0.15) is 0 Å². The first-order chi connectivity index (χ1) is 8.54. The van der Waals surface area contributed by atoms with Gasteiger partial charge in [-0.15, -0.1) is 0 Å². The van der Waals surface area contributed by atoms with E-state index in [1.54, 1.807) is 12.1 Å². The number of rotatable bonds is 4. The molecule has 1 amide bonds. The third-order valence-electron chi connectivity index (χ3n) is 3.39. The van der Waals surface area contributed by atoms with E-state index in [9.17, 15) is 9.90 Å². The van der Waals surface area contributed by atoms with Crippen molar-refractivity contribution >= 4 is 5.91 Å². The van der Waals surface area contributed by atoms with E-state index in [1.807, 2.05) is 0 Å². The van der Waals surface area contributed by atoms with Crippen LogP contribution in [0.2, 0.25) is 0 Å². The molecule has 1 aliphatic carbocycles. The summed E-state index contributed by atoms with van der Waals surface area (Å²) in [7, 11) is 1.46. The Hall–Kier alpha value is -1.75. The first kappa shape index (κ1) is 12.7. The van der Waals surface area contributed by atoms with Gasteiger partial charge in [0.15, 0.2) is 11.5 Å². The highest BCUT2D eigenvalue weighted by atomic mass is 16.5. The molecule has 1 fully saturated rings. The molecule has 0 atom stereocenters. The minimum Gasteiger partial charge on any atom is -0.504 e. The maximum absolute atomic E-state index is 11.9. The van der Waals surface area contributed by atoms with Crippen molar-refractivity contribution in [1.29, 1.82) is 0 Å². The van der Waals surface area contributed by atoms with Crippen LogP contribution in [-0.4, -0.2) is 30.2 Å². The minimum absolute atomic E-state index is 0.0451. The molecule has 0 radical (unpaired) electrons. The lowest BCUT2D eigenvalue weighted by Gasteiger charge is -2.38. The number of amides is 1. The third kappa shape index (κ3) is 2.56. The summed E-state index contributed by atoms with van der Waals surface area (Å²) in [6, 6.07) is 4.56. The van der Waals surface area contributed by atoms with Crippen LogP contribution in [0.1, 0.15) is 29.6 Å². The van der Waals surface area contributed by atoms with Crippen molar-refractivity contribution < 1.29 is 14.6 Å². The molecule has 5 nitrogen and oxygen atoms in total. The molecule has 2 rings (SSSR count). The summed E-state index contributed by atoms with van der Waals surface area (Å²) in [6.07, 6.45) is 3.01. The first-order valence-electron chi connectivity index (χ1n) is 5.98. The molecule has 5 heteroatoms. The van der Waals surface area contributed by atoms with Crippen LogP contribution in [0.4, 0.5) is 0 Å². The van der Waals surface area contributed by atoms with Crippen molar-refractivity contribution in [3.05, 3.63) is 23.8 Å². The smallest absolute Gasteiger partial charge is 0.251 e. The van der Waals surface area contributed by atoms with Gasteiger partial charge < -0.3 is 20.9 Å². The highest BCUT2D eigenvalue weighted by Gasteiger charge is 2.32. The Labute approximate surface area is 106 Å². The second-order valence-corrected chi connectivity index (χ2v) is 4.79. The van der Waals surface area contributed by atoms with Crippen LogP contribution in [0.3, 0.4) is 0 Å². The van der Waals surface area contributed by atoms with Gasteiger partial charge in [-0.3, -0.25) is 4.79 Å². The molecule has 1 aromatic rings. The van der Waals surface area contributed by atoms with Crippen molar-refractivity contribution in [3.63, 3.8) is 0 Å². The Morgan fingerprint density at radius 1 is 1.56 bits per heavy atom. The van der Waals surface area contributed by atoms with Crippen molar-refractivity contribution in [2.24, 2.45) is 5.73 Å². The number of nitrogens with two attached hydrogens (primary N) is 1. The molecule has 1 aliphatic rings. The maximum Gasteiger partial charge on any atom is 0.251 e. The zero-order valence-electron chi connectivity index (χ0n) is 10.4. The lowest BCUT2D eigenvalue weighted by atomic mass is 9.78. The number of methoxy groups -OCH3 is 1. The topological polar surface area (TPSA) is 84.6 Å². The van der Waals surface area contributed by atoms with Crippen LogP contribution in [-0.2, 0) is 0 Å². The van der Waals surface area contributed by atoms with E-state index >= 15 is 0 Å². The average molecular weight is 250 g/mol. The second-order valence-electron chi connectivity index (χ2n) is 4.79. The summed E-state index contributed by atoms with van der Waals surface area (Å²) in [4.78, 5) is 11.9. The van der Waals surface area contributed by atoms with Crippen molar-refractivity contribution in [3.8, 4) is 11.5 Å². The number of hydrogen-bond donors (Lipinski definition) is 3. The molecule has 0 aromatic heterocycles. The summed E-state index contributed by atoms with van der Waals surface area (Å²) >= 11 is 0. The number of carbonyl (C=O) groups is 1. The van der Waals surface area contributed by atoms with Gasteiger partial charge in [0.25, 0.3) is 5.91 Å². The average Bonchev–Trinajstić information content (AvgIpc) is 2.33. The lowest BCUT2D eigenvalue weighted by molar-refractivity contribution is 0.0929. The molecule has 0 unspecified atom stereocenters. The fraction of sp³-hybridized carbons (Fsp3) is 0.462. The minimum atomic E-state index is -0.246. The fourth-order valence-corrected chi connectivity index (χ4v) is 2.00. The highest BCUT2D eigenvalue weighted by Crippen LogP contribution is 2.29. The Morgan fingerprint density at radius 3 is 2.78 bits per heavy atom. The second kappa shape index (κ2) is 4.86. The molecular formula is C13H18N2O3. The zero-order chi connectivity index (χ0) is 13.2. The Bertz CT molecular complexity index is 456. The van der Waals surface area contributed by atoms with Gasteiger partial charge in [0.1, 0.15) is 0 Å². The molecule has 18 heavy (non-hydrogen) atoms. The van der Waals surface area contributed by atoms with Crippen LogP contribution >= 0.6 is 0 Å².